The van der Waals surface area contributed by atoms with Gasteiger partial charge in [-0.1, -0.05) is 30.1 Å². The van der Waals surface area contributed by atoms with Crippen molar-refractivity contribution in [2.75, 3.05) is 12.4 Å². The molecule has 0 heterocycles. The molecule has 0 aliphatic rings. The second-order valence-corrected chi connectivity index (χ2v) is 5.44. The van der Waals surface area contributed by atoms with Gasteiger partial charge in [0.05, 0.1) is 15.0 Å². The summed E-state index contributed by atoms with van der Waals surface area (Å²) in [6.45, 7) is 1.97. The van der Waals surface area contributed by atoms with E-state index in [1.807, 2.05) is 6.92 Å². The van der Waals surface area contributed by atoms with Gasteiger partial charge in [-0.3, -0.25) is 10.1 Å². The normalized spacial score (nSPS) is 12.5. The van der Waals surface area contributed by atoms with Crippen LogP contribution in [-0.4, -0.2) is 22.4 Å². The molecule has 0 aromatic heterocycles. The maximum Gasteiger partial charge on any atom is 0.272 e. The molecule has 0 bridgehead atoms. The van der Waals surface area contributed by atoms with Gasteiger partial charge < -0.3 is 5.11 Å². The number of aliphatic hydroxyl groups is 1. The standard InChI is InChI=1S/C10H11Cl2NO3S/c1-6(4-14)5-17-10-8(11)2-7(13(15)16)3-9(10)12/h2-3,6,14H,4-5H2,1H3. The third-order valence-electron chi connectivity index (χ3n) is 2.02. The zero-order valence-corrected chi connectivity index (χ0v) is 11.3. The van der Waals surface area contributed by atoms with Crippen molar-refractivity contribution in [2.45, 2.75) is 11.8 Å². The molecule has 17 heavy (non-hydrogen) atoms. The van der Waals surface area contributed by atoms with Crippen LogP contribution in [0.25, 0.3) is 0 Å². The Balaban J connectivity index is 2.90. The molecule has 0 fully saturated rings. The molecule has 1 aromatic rings. The van der Waals surface area contributed by atoms with Crippen LogP contribution >= 0.6 is 35.0 Å². The fourth-order valence-electron chi connectivity index (χ4n) is 1.07. The van der Waals surface area contributed by atoms with Gasteiger partial charge in [-0.25, -0.2) is 0 Å². The topological polar surface area (TPSA) is 63.4 Å². The van der Waals surface area contributed by atoms with E-state index in [0.29, 0.717) is 10.6 Å². The van der Waals surface area contributed by atoms with E-state index in [0.717, 1.165) is 0 Å². The van der Waals surface area contributed by atoms with Crippen LogP contribution in [0.2, 0.25) is 10.0 Å². The van der Waals surface area contributed by atoms with Crippen molar-refractivity contribution in [3.8, 4) is 0 Å². The Hall–Kier alpha value is -0.490. The zero-order valence-electron chi connectivity index (χ0n) is 9.02. The molecule has 0 saturated heterocycles. The van der Waals surface area contributed by atoms with Gasteiger partial charge in [0.25, 0.3) is 5.69 Å². The second-order valence-electron chi connectivity index (χ2n) is 3.59. The van der Waals surface area contributed by atoms with Crippen LogP contribution in [-0.2, 0) is 0 Å². The van der Waals surface area contributed by atoms with E-state index >= 15 is 0 Å². The first-order chi connectivity index (χ1) is 7.95. The van der Waals surface area contributed by atoms with Crippen molar-refractivity contribution in [3.05, 3.63) is 32.3 Å². The number of halogens is 2. The number of non-ortho nitro benzene ring substituents is 1. The van der Waals surface area contributed by atoms with Gasteiger partial charge in [-0.05, 0) is 5.92 Å². The van der Waals surface area contributed by atoms with Gasteiger partial charge in [0.2, 0.25) is 0 Å². The van der Waals surface area contributed by atoms with Gasteiger partial charge in [0, 0.05) is 29.4 Å². The summed E-state index contributed by atoms with van der Waals surface area (Å²) in [5.74, 6) is 0.760. The molecule has 0 spiro atoms. The SMILES string of the molecule is CC(CO)CSc1c(Cl)cc([N+](=O)[O-])cc1Cl. The van der Waals surface area contributed by atoms with E-state index in [-0.39, 0.29) is 28.3 Å². The lowest BCUT2D eigenvalue weighted by molar-refractivity contribution is -0.384. The molecule has 4 nitrogen and oxygen atoms in total. The highest BCUT2D eigenvalue weighted by Crippen LogP contribution is 2.37. The molecular weight excluding hydrogens is 285 g/mol. The van der Waals surface area contributed by atoms with Gasteiger partial charge in [-0.2, -0.15) is 0 Å². The highest BCUT2D eigenvalue weighted by atomic mass is 35.5. The second kappa shape index (κ2) is 6.44. The Morgan fingerprint density at radius 3 is 2.41 bits per heavy atom. The maximum atomic E-state index is 10.6. The fourth-order valence-corrected chi connectivity index (χ4v) is 2.82. The van der Waals surface area contributed by atoms with Gasteiger partial charge in [0.1, 0.15) is 0 Å². The Morgan fingerprint density at radius 2 is 2.00 bits per heavy atom. The maximum absolute atomic E-state index is 10.6. The van der Waals surface area contributed by atoms with Crippen LogP contribution in [0.5, 0.6) is 0 Å². The zero-order chi connectivity index (χ0) is 13.0. The number of hydrogen-bond donors (Lipinski definition) is 1. The van der Waals surface area contributed by atoms with E-state index in [1.54, 1.807) is 0 Å². The molecule has 1 unspecified atom stereocenters. The molecule has 0 aliphatic heterocycles. The number of benzene rings is 1. The van der Waals surface area contributed by atoms with Crippen LogP contribution in [0.3, 0.4) is 0 Å². The van der Waals surface area contributed by atoms with Crippen LogP contribution in [0, 0.1) is 16.0 Å². The highest BCUT2D eigenvalue weighted by molar-refractivity contribution is 7.99. The predicted molar refractivity (Wildman–Crippen MR) is 70.1 cm³/mol. The summed E-state index contributed by atoms with van der Waals surface area (Å²) < 4.78 is 0. The van der Waals surface area contributed by atoms with Crippen molar-refractivity contribution in [2.24, 2.45) is 5.92 Å². The third kappa shape index (κ3) is 4.03. The van der Waals surface area contributed by atoms with E-state index in [9.17, 15) is 10.1 Å². The average Bonchev–Trinajstić information content (AvgIpc) is 2.27. The van der Waals surface area contributed by atoms with Crippen LogP contribution in [0.4, 0.5) is 5.69 Å². The number of hydrogen-bond acceptors (Lipinski definition) is 4. The van der Waals surface area contributed by atoms with Crippen molar-refractivity contribution >= 4 is 40.7 Å². The molecule has 1 rings (SSSR count). The van der Waals surface area contributed by atoms with E-state index in [2.05, 4.69) is 0 Å². The fraction of sp³-hybridized carbons (Fsp3) is 0.400. The number of nitro groups is 1. The minimum atomic E-state index is -0.539. The number of nitrogens with zero attached hydrogens (tertiary/aromatic N) is 1. The molecule has 1 aromatic carbocycles. The first-order valence-corrected chi connectivity index (χ1v) is 6.57. The number of thioether (sulfide) groups is 1. The molecule has 1 atom stereocenters. The molecular formula is C10H11Cl2NO3S. The van der Waals surface area contributed by atoms with Crippen molar-refractivity contribution < 1.29 is 10.0 Å². The molecule has 0 amide bonds. The molecule has 0 radical (unpaired) electrons. The smallest absolute Gasteiger partial charge is 0.272 e. The summed E-state index contributed by atoms with van der Waals surface area (Å²) in [5.41, 5.74) is -0.125. The predicted octanol–water partition coefficient (Wildman–Crippen LogP) is 3.62. The van der Waals surface area contributed by atoms with Crippen molar-refractivity contribution in [1.29, 1.82) is 0 Å². The Kier molecular flexibility index (Phi) is 5.52. The monoisotopic (exact) mass is 295 g/mol. The summed E-state index contributed by atoms with van der Waals surface area (Å²) in [6, 6.07) is 2.55. The summed E-state index contributed by atoms with van der Waals surface area (Å²) in [5, 5.41) is 20.0. The Bertz CT molecular complexity index is 405. The van der Waals surface area contributed by atoms with Gasteiger partial charge in [0.15, 0.2) is 0 Å². The van der Waals surface area contributed by atoms with Crippen LogP contribution in [0.15, 0.2) is 17.0 Å². The molecule has 0 saturated carbocycles. The molecule has 94 valence electrons. The van der Waals surface area contributed by atoms with E-state index < -0.39 is 4.92 Å². The lowest BCUT2D eigenvalue weighted by Gasteiger charge is -2.09. The summed E-state index contributed by atoms with van der Waals surface area (Å²) >= 11 is 13.2. The van der Waals surface area contributed by atoms with E-state index in [1.165, 1.54) is 23.9 Å². The first kappa shape index (κ1) is 14.6. The summed E-state index contributed by atoms with van der Waals surface area (Å²) in [4.78, 5) is 10.6. The first-order valence-electron chi connectivity index (χ1n) is 4.82. The van der Waals surface area contributed by atoms with Crippen LogP contribution < -0.4 is 0 Å². The molecule has 0 aliphatic carbocycles. The minimum Gasteiger partial charge on any atom is -0.396 e. The molecule has 1 N–H and O–H groups in total. The van der Waals surface area contributed by atoms with Gasteiger partial charge in [-0.15, -0.1) is 11.8 Å². The average molecular weight is 296 g/mol. The van der Waals surface area contributed by atoms with E-state index in [4.69, 9.17) is 28.3 Å². The van der Waals surface area contributed by atoms with Gasteiger partial charge >= 0.3 is 0 Å². The molecule has 7 heteroatoms. The third-order valence-corrected chi connectivity index (χ3v) is 4.30. The van der Waals surface area contributed by atoms with Crippen molar-refractivity contribution in [3.63, 3.8) is 0 Å². The van der Waals surface area contributed by atoms with Crippen molar-refractivity contribution in [1.82, 2.24) is 0 Å². The largest absolute Gasteiger partial charge is 0.396 e. The lowest BCUT2D eigenvalue weighted by atomic mass is 10.2. The summed E-state index contributed by atoms with van der Waals surface area (Å²) in [7, 11) is 0. The van der Waals surface area contributed by atoms with Crippen LogP contribution in [0.1, 0.15) is 6.92 Å². The number of rotatable bonds is 5. The highest BCUT2D eigenvalue weighted by Gasteiger charge is 2.15. The number of aliphatic hydroxyl groups excluding tert-OH is 1. The lowest BCUT2D eigenvalue weighted by Crippen LogP contribution is -2.03. The Morgan fingerprint density at radius 1 is 1.47 bits per heavy atom. The summed E-state index contributed by atoms with van der Waals surface area (Å²) in [6.07, 6.45) is 0. The minimum absolute atomic E-state index is 0.0786. The Labute approximate surface area is 113 Å². The quantitative estimate of drug-likeness (QED) is 0.512. The number of nitro benzene ring substituents is 1.